The zero-order valence-electron chi connectivity index (χ0n) is 12.7. The predicted molar refractivity (Wildman–Crippen MR) is 83.7 cm³/mol. The number of ketones is 1. The molecule has 0 N–H and O–H groups in total. The van der Waals surface area contributed by atoms with Crippen LogP contribution in [-0.2, 0) is 0 Å². The van der Waals surface area contributed by atoms with Crippen LogP contribution in [0.4, 0.5) is 0 Å². The van der Waals surface area contributed by atoms with Crippen LogP contribution < -0.4 is 14.2 Å². The molecule has 0 aliphatic carbocycles. The highest BCUT2D eigenvalue weighted by molar-refractivity contribution is 6.11. The fraction of sp³-hybridized carbons (Fsp3) is 0.167. The summed E-state index contributed by atoms with van der Waals surface area (Å²) < 4.78 is 15.6. The molecule has 0 aliphatic rings. The van der Waals surface area contributed by atoms with Gasteiger partial charge in [0.1, 0.15) is 5.75 Å². The quantitative estimate of drug-likeness (QED) is 0.643. The second-order valence-corrected chi connectivity index (χ2v) is 4.35. The largest absolute Gasteiger partial charge is 0.496 e. The van der Waals surface area contributed by atoms with Crippen molar-refractivity contribution in [1.82, 2.24) is 0 Å². The maximum absolute atomic E-state index is 12.3. The molecule has 0 saturated carbocycles. The molecule has 4 nitrogen and oxygen atoms in total. The number of methoxy groups -OCH3 is 3. The number of hydrogen-bond donors (Lipinski definition) is 0. The van der Waals surface area contributed by atoms with Crippen LogP contribution in [0.25, 0.3) is 0 Å². The van der Waals surface area contributed by atoms with E-state index in [-0.39, 0.29) is 5.78 Å². The van der Waals surface area contributed by atoms with E-state index in [1.807, 2.05) is 30.3 Å². The van der Waals surface area contributed by atoms with Crippen LogP contribution in [0, 0.1) is 11.8 Å². The van der Waals surface area contributed by atoms with Gasteiger partial charge in [0.05, 0.1) is 26.9 Å². The minimum atomic E-state index is -0.346. The van der Waals surface area contributed by atoms with Gasteiger partial charge in [-0.3, -0.25) is 4.79 Å². The zero-order chi connectivity index (χ0) is 15.9. The normalized spacial score (nSPS) is 9.41. The van der Waals surface area contributed by atoms with Gasteiger partial charge in [0.25, 0.3) is 0 Å². The van der Waals surface area contributed by atoms with Crippen molar-refractivity contribution in [3.05, 3.63) is 53.6 Å². The SMILES string of the molecule is COc1cc(OC)c(C(=O)C#Cc2ccccc2)cc1OC. The maximum Gasteiger partial charge on any atom is 0.240 e. The summed E-state index contributed by atoms with van der Waals surface area (Å²) in [6, 6.07) is 12.5. The molecule has 2 rings (SSSR count). The van der Waals surface area contributed by atoms with Crippen LogP contribution in [0.15, 0.2) is 42.5 Å². The first kappa shape index (κ1) is 15.5. The molecule has 4 heteroatoms. The third-order valence-electron chi connectivity index (χ3n) is 3.04. The lowest BCUT2D eigenvalue weighted by molar-refractivity contribution is 0.105. The summed E-state index contributed by atoms with van der Waals surface area (Å²) in [6.45, 7) is 0. The number of ether oxygens (including phenoxy) is 3. The molecule has 0 radical (unpaired) electrons. The molecule has 0 aliphatic heterocycles. The molecule has 22 heavy (non-hydrogen) atoms. The molecule has 0 aromatic heterocycles. The Morgan fingerprint density at radius 3 is 2.05 bits per heavy atom. The second-order valence-electron chi connectivity index (χ2n) is 4.35. The molecular formula is C18H16O4. The molecule has 2 aromatic rings. The lowest BCUT2D eigenvalue weighted by Gasteiger charge is -2.11. The average Bonchev–Trinajstić information content (AvgIpc) is 2.59. The standard InChI is InChI=1S/C18H16O4/c1-20-16-12-18(22-3)17(21-2)11-14(16)15(19)10-9-13-7-5-4-6-8-13/h4-8,11-12H,1-3H3. The van der Waals surface area contributed by atoms with Crippen molar-refractivity contribution >= 4 is 5.78 Å². The van der Waals surface area contributed by atoms with Gasteiger partial charge in [-0.1, -0.05) is 24.1 Å². The van der Waals surface area contributed by atoms with Crippen molar-refractivity contribution in [2.24, 2.45) is 0 Å². The highest BCUT2D eigenvalue weighted by atomic mass is 16.5. The van der Waals surface area contributed by atoms with Crippen molar-refractivity contribution in [2.75, 3.05) is 21.3 Å². The number of hydrogen-bond acceptors (Lipinski definition) is 4. The van der Waals surface area contributed by atoms with E-state index in [9.17, 15) is 4.79 Å². The summed E-state index contributed by atoms with van der Waals surface area (Å²) in [5.74, 6) is 6.44. The highest BCUT2D eigenvalue weighted by Gasteiger charge is 2.16. The minimum Gasteiger partial charge on any atom is -0.496 e. The van der Waals surface area contributed by atoms with Crippen molar-refractivity contribution in [3.63, 3.8) is 0 Å². The van der Waals surface area contributed by atoms with E-state index in [1.54, 1.807) is 12.1 Å². The highest BCUT2D eigenvalue weighted by Crippen LogP contribution is 2.34. The molecule has 0 amide bonds. The van der Waals surface area contributed by atoms with E-state index >= 15 is 0 Å². The van der Waals surface area contributed by atoms with Crippen LogP contribution in [0.2, 0.25) is 0 Å². The molecule has 0 unspecified atom stereocenters. The Morgan fingerprint density at radius 1 is 0.864 bits per heavy atom. The summed E-state index contributed by atoms with van der Waals surface area (Å²) in [4.78, 5) is 12.3. The smallest absolute Gasteiger partial charge is 0.240 e. The molecule has 0 spiro atoms. The zero-order valence-corrected chi connectivity index (χ0v) is 12.7. The van der Waals surface area contributed by atoms with Gasteiger partial charge in [0, 0.05) is 11.6 Å². The number of Topliss-reactive ketones (excluding diaryl/α,β-unsaturated/α-hetero) is 1. The third-order valence-corrected chi connectivity index (χ3v) is 3.04. The number of carbonyl (C=O) groups excluding carboxylic acids is 1. The van der Waals surface area contributed by atoms with Crippen molar-refractivity contribution in [2.45, 2.75) is 0 Å². The number of carbonyl (C=O) groups is 1. The lowest BCUT2D eigenvalue weighted by Crippen LogP contribution is -2.02. The summed E-state index contributed by atoms with van der Waals surface area (Å²) in [5.41, 5.74) is 1.11. The first-order valence-electron chi connectivity index (χ1n) is 6.61. The monoisotopic (exact) mass is 296 g/mol. The van der Waals surface area contributed by atoms with E-state index in [1.165, 1.54) is 21.3 Å². The molecule has 0 bridgehead atoms. The van der Waals surface area contributed by atoms with Crippen LogP contribution in [0.3, 0.4) is 0 Å². The van der Waals surface area contributed by atoms with Gasteiger partial charge in [-0.2, -0.15) is 0 Å². The summed E-state index contributed by atoms with van der Waals surface area (Å²) in [7, 11) is 4.52. The Balaban J connectivity index is 2.39. The van der Waals surface area contributed by atoms with Crippen LogP contribution in [0.5, 0.6) is 17.2 Å². The van der Waals surface area contributed by atoms with Crippen LogP contribution in [0.1, 0.15) is 15.9 Å². The Hall–Kier alpha value is -2.93. The van der Waals surface area contributed by atoms with E-state index in [0.29, 0.717) is 22.8 Å². The van der Waals surface area contributed by atoms with Gasteiger partial charge in [-0.15, -0.1) is 0 Å². The van der Waals surface area contributed by atoms with E-state index in [0.717, 1.165) is 5.56 Å². The third kappa shape index (κ3) is 3.39. The average molecular weight is 296 g/mol. The summed E-state index contributed by atoms with van der Waals surface area (Å²) in [6.07, 6.45) is 0. The second kappa shape index (κ2) is 7.19. The van der Waals surface area contributed by atoms with Gasteiger partial charge >= 0.3 is 0 Å². The molecule has 0 heterocycles. The number of benzene rings is 2. The maximum atomic E-state index is 12.3. The molecule has 112 valence electrons. The minimum absolute atomic E-state index is 0.337. The summed E-state index contributed by atoms with van der Waals surface area (Å²) in [5, 5.41) is 0. The fourth-order valence-corrected chi connectivity index (χ4v) is 1.92. The van der Waals surface area contributed by atoms with Gasteiger partial charge in [-0.25, -0.2) is 0 Å². The Kier molecular flexibility index (Phi) is 5.05. The predicted octanol–water partition coefficient (Wildman–Crippen LogP) is 2.95. The molecule has 0 saturated heterocycles. The Labute approximate surface area is 129 Å². The summed E-state index contributed by atoms with van der Waals surface area (Å²) >= 11 is 0. The van der Waals surface area contributed by atoms with E-state index < -0.39 is 0 Å². The van der Waals surface area contributed by atoms with Gasteiger partial charge < -0.3 is 14.2 Å². The number of rotatable bonds is 4. The fourth-order valence-electron chi connectivity index (χ4n) is 1.92. The molecular weight excluding hydrogens is 280 g/mol. The van der Waals surface area contributed by atoms with Crippen LogP contribution in [-0.4, -0.2) is 27.1 Å². The van der Waals surface area contributed by atoms with Gasteiger partial charge in [0.15, 0.2) is 11.5 Å². The van der Waals surface area contributed by atoms with Crippen molar-refractivity contribution in [1.29, 1.82) is 0 Å². The molecule has 2 aromatic carbocycles. The molecule has 0 atom stereocenters. The first-order valence-corrected chi connectivity index (χ1v) is 6.61. The van der Waals surface area contributed by atoms with Crippen molar-refractivity contribution < 1.29 is 19.0 Å². The Bertz CT molecular complexity index is 724. The van der Waals surface area contributed by atoms with Gasteiger partial charge in [-0.05, 0) is 24.1 Å². The van der Waals surface area contributed by atoms with Crippen LogP contribution >= 0.6 is 0 Å². The first-order chi connectivity index (χ1) is 10.7. The Morgan fingerprint density at radius 2 is 1.45 bits per heavy atom. The topological polar surface area (TPSA) is 44.8 Å². The van der Waals surface area contributed by atoms with Crippen molar-refractivity contribution in [3.8, 4) is 29.1 Å². The van der Waals surface area contributed by atoms with E-state index in [2.05, 4.69) is 11.8 Å². The molecule has 0 fully saturated rings. The van der Waals surface area contributed by atoms with E-state index in [4.69, 9.17) is 14.2 Å². The van der Waals surface area contributed by atoms with Gasteiger partial charge in [0.2, 0.25) is 5.78 Å². The lowest BCUT2D eigenvalue weighted by atomic mass is 10.1.